The first-order valence-corrected chi connectivity index (χ1v) is 10.5. The number of anilines is 1. The summed E-state index contributed by atoms with van der Waals surface area (Å²) in [5.74, 6) is -1.18. The number of carbonyl (C=O) groups is 2. The van der Waals surface area contributed by atoms with Crippen molar-refractivity contribution in [2.24, 2.45) is 5.14 Å². The van der Waals surface area contributed by atoms with Crippen molar-refractivity contribution in [1.82, 2.24) is 4.57 Å². The molecular weight excluding hydrogens is 406 g/mol. The first-order valence-electron chi connectivity index (χ1n) is 9.00. The van der Waals surface area contributed by atoms with Gasteiger partial charge in [-0.25, -0.2) is 18.4 Å². The van der Waals surface area contributed by atoms with Crippen molar-refractivity contribution in [2.75, 3.05) is 11.9 Å². The van der Waals surface area contributed by atoms with Crippen LogP contribution in [0.25, 0.3) is 5.69 Å². The predicted octanol–water partition coefficient (Wildman–Crippen LogP) is 2.54. The first-order chi connectivity index (χ1) is 14.1. The Morgan fingerprint density at radius 3 is 2.03 bits per heavy atom. The Kier molecular flexibility index (Phi) is 6.04. The van der Waals surface area contributed by atoms with Crippen LogP contribution in [0.4, 0.5) is 5.69 Å². The van der Waals surface area contributed by atoms with Gasteiger partial charge in [0, 0.05) is 22.8 Å². The number of carbonyl (C=O) groups excluding carboxylic acids is 2. The van der Waals surface area contributed by atoms with Gasteiger partial charge < -0.3 is 14.6 Å². The van der Waals surface area contributed by atoms with E-state index in [-0.39, 0.29) is 4.90 Å². The molecule has 3 N–H and O–H groups in total. The zero-order valence-electron chi connectivity index (χ0n) is 16.5. The number of benzene rings is 2. The molecule has 0 saturated carbocycles. The van der Waals surface area contributed by atoms with Crippen LogP contribution < -0.4 is 10.5 Å². The summed E-state index contributed by atoms with van der Waals surface area (Å²) in [6.07, 6.45) is 0. The molecule has 0 bridgehead atoms. The van der Waals surface area contributed by atoms with Gasteiger partial charge in [0.15, 0.2) is 6.61 Å². The largest absolute Gasteiger partial charge is 0.452 e. The molecule has 2 aromatic carbocycles. The Labute approximate surface area is 174 Å². The molecule has 0 fully saturated rings. The van der Waals surface area contributed by atoms with Crippen LogP contribution in [0.5, 0.6) is 0 Å². The SMILES string of the molecule is Cc1ccc(C)n1-c1ccc(C(=O)OCC(=O)Nc2ccc(S(N)(=O)=O)cc2)cc1. The smallest absolute Gasteiger partial charge is 0.338 e. The van der Waals surface area contributed by atoms with Crippen molar-refractivity contribution in [3.63, 3.8) is 0 Å². The van der Waals surface area contributed by atoms with Gasteiger partial charge in [-0.1, -0.05) is 0 Å². The number of esters is 1. The molecule has 0 aliphatic rings. The van der Waals surface area contributed by atoms with E-state index in [4.69, 9.17) is 9.88 Å². The first kappa shape index (κ1) is 21.3. The van der Waals surface area contributed by atoms with Crippen LogP contribution in [0.15, 0.2) is 65.6 Å². The maximum Gasteiger partial charge on any atom is 0.338 e. The third-order valence-electron chi connectivity index (χ3n) is 4.43. The maximum atomic E-state index is 12.2. The van der Waals surface area contributed by atoms with Crippen LogP contribution in [-0.2, 0) is 19.6 Å². The van der Waals surface area contributed by atoms with Crippen LogP contribution in [0.2, 0.25) is 0 Å². The van der Waals surface area contributed by atoms with Crippen LogP contribution in [0, 0.1) is 13.8 Å². The van der Waals surface area contributed by atoms with Gasteiger partial charge in [-0.15, -0.1) is 0 Å². The molecule has 0 unspecified atom stereocenters. The normalized spacial score (nSPS) is 11.2. The number of rotatable bonds is 6. The van der Waals surface area contributed by atoms with Gasteiger partial charge in [-0.05, 0) is 74.5 Å². The highest BCUT2D eigenvalue weighted by molar-refractivity contribution is 7.89. The van der Waals surface area contributed by atoms with Crippen molar-refractivity contribution in [1.29, 1.82) is 0 Å². The van der Waals surface area contributed by atoms with E-state index in [0.29, 0.717) is 11.3 Å². The highest BCUT2D eigenvalue weighted by Gasteiger charge is 2.12. The molecule has 0 radical (unpaired) electrons. The Bertz CT molecular complexity index is 1160. The minimum absolute atomic E-state index is 0.0688. The fraction of sp³-hybridized carbons (Fsp3) is 0.143. The lowest BCUT2D eigenvalue weighted by molar-refractivity contribution is -0.119. The van der Waals surface area contributed by atoms with Gasteiger partial charge in [0.2, 0.25) is 10.0 Å². The molecular formula is C21H21N3O5S. The fourth-order valence-electron chi connectivity index (χ4n) is 2.96. The lowest BCUT2D eigenvalue weighted by atomic mass is 10.2. The average Bonchev–Trinajstić information content (AvgIpc) is 3.04. The van der Waals surface area contributed by atoms with E-state index in [2.05, 4.69) is 9.88 Å². The topological polar surface area (TPSA) is 120 Å². The summed E-state index contributed by atoms with van der Waals surface area (Å²) in [6.45, 7) is 3.51. The summed E-state index contributed by atoms with van der Waals surface area (Å²) < 4.78 is 29.6. The van der Waals surface area contributed by atoms with Gasteiger partial charge in [-0.3, -0.25) is 4.79 Å². The second kappa shape index (κ2) is 8.52. The molecule has 8 nitrogen and oxygen atoms in total. The number of nitrogens with one attached hydrogen (secondary N) is 1. The third-order valence-corrected chi connectivity index (χ3v) is 5.36. The van der Waals surface area contributed by atoms with E-state index in [1.54, 1.807) is 12.1 Å². The standard InChI is InChI=1S/C21H21N3O5S/c1-14-3-4-15(2)24(14)18-9-5-16(6-10-18)21(26)29-13-20(25)23-17-7-11-19(12-8-17)30(22,27)28/h3-12H,13H2,1-2H3,(H,23,25)(H2,22,27,28). The number of nitrogens with zero attached hydrogens (tertiary/aromatic N) is 1. The number of nitrogens with two attached hydrogens (primary N) is 1. The summed E-state index contributed by atoms with van der Waals surface area (Å²) >= 11 is 0. The molecule has 0 atom stereocenters. The second-order valence-corrected chi connectivity index (χ2v) is 8.25. The van der Waals surface area contributed by atoms with E-state index >= 15 is 0 Å². The molecule has 30 heavy (non-hydrogen) atoms. The van der Waals surface area contributed by atoms with Gasteiger partial charge in [-0.2, -0.15) is 0 Å². The van der Waals surface area contributed by atoms with Crippen LogP contribution in [-0.4, -0.2) is 31.5 Å². The Hall–Kier alpha value is -3.43. The predicted molar refractivity (Wildman–Crippen MR) is 112 cm³/mol. The summed E-state index contributed by atoms with van der Waals surface area (Å²) in [4.78, 5) is 24.1. The molecule has 1 amide bonds. The van der Waals surface area contributed by atoms with Gasteiger partial charge >= 0.3 is 5.97 Å². The van der Waals surface area contributed by atoms with Crippen molar-refractivity contribution >= 4 is 27.6 Å². The number of aromatic nitrogens is 1. The van der Waals surface area contributed by atoms with E-state index in [1.807, 2.05) is 38.1 Å². The summed E-state index contributed by atoms with van der Waals surface area (Å²) in [7, 11) is -3.81. The zero-order valence-corrected chi connectivity index (χ0v) is 17.3. The quantitative estimate of drug-likeness (QED) is 0.586. The number of sulfonamides is 1. The Morgan fingerprint density at radius 2 is 1.50 bits per heavy atom. The van der Waals surface area contributed by atoms with Crippen molar-refractivity contribution < 1.29 is 22.7 Å². The zero-order chi connectivity index (χ0) is 21.9. The number of aryl methyl sites for hydroxylation is 2. The Balaban J connectivity index is 1.57. The summed E-state index contributed by atoms with van der Waals surface area (Å²) in [5.41, 5.74) is 3.76. The van der Waals surface area contributed by atoms with E-state index in [9.17, 15) is 18.0 Å². The van der Waals surface area contributed by atoms with Crippen molar-refractivity contribution in [3.05, 3.63) is 77.6 Å². The van der Waals surface area contributed by atoms with Gasteiger partial charge in [0.1, 0.15) is 0 Å². The molecule has 0 aliphatic heterocycles. The number of hydrogen-bond donors (Lipinski definition) is 2. The second-order valence-electron chi connectivity index (χ2n) is 6.69. The minimum atomic E-state index is -3.81. The molecule has 156 valence electrons. The highest BCUT2D eigenvalue weighted by atomic mass is 32.2. The van der Waals surface area contributed by atoms with Gasteiger partial charge in [0.05, 0.1) is 10.5 Å². The van der Waals surface area contributed by atoms with E-state index < -0.39 is 28.5 Å². The highest BCUT2D eigenvalue weighted by Crippen LogP contribution is 2.17. The third kappa shape index (κ3) is 4.94. The molecule has 9 heteroatoms. The minimum Gasteiger partial charge on any atom is -0.452 e. The lowest BCUT2D eigenvalue weighted by Gasteiger charge is -2.10. The average molecular weight is 427 g/mol. The summed E-state index contributed by atoms with van der Waals surface area (Å²) in [5, 5.41) is 7.53. The summed E-state index contributed by atoms with van der Waals surface area (Å²) in [6, 6.07) is 16.2. The molecule has 3 aromatic rings. The molecule has 0 saturated heterocycles. The van der Waals surface area contributed by atoms with Gasteiger partial charge in [0.25, 0.3) is 5.91 Å². The lowest BCUT2D eigenvalue weighted by Crippen LogP contribution is -2.21. The van der Waals surface area contributed by atoms with Crippen LogP contribution in [0.1, 0.15) is 21.7 Å². The van der Waals surface area contributed by atoms with E-state index in [0.717, 1.165) is 17.1 Å². The molecule has 0 aliphatic carbocycles. The van der Waals surface area contributed by atoms with Crippen molar-refractivity contribution in [2.45, 2.75) is 18.7 Å². The van der Waals surface area contributed by atoms with Crippen LogP contribution >= 0.6 is 0 Å². The number of hydrogen-bond acceptors (Lipinski definition) is 5. The molecule has 0 spiro atoms. The van der Waals surface area contributed by atoms with Crippen molar-refractivity contribution in [3.8, 4) is 5.69 Å². The monoisotopic (exact) mass is 427 g/mol. The number of primary sulfonamides is 1. The number of ether oxygens (including phenoxy) is 1. The molecule has 1 aromatic heterocycles. The molecule has 3 rings (SSSR count). The fourth-order valence-corrected chi connectivity index (χ4v) is 3.48. The number of amides is 1. The molecule has 1 heterocycles. The maximum absolute atomic E-state index is 12.2. The Morgan fingerprint density at radius 1 is 0.933 bits per heavy atom. The van der Waals surface area contributed by atoms with E-state index in [1.165, 1.54) is 24.3 Å². The van der Waals surface area contributed by atoms with Crippen LogP contribution in [0.3, 0.4) is 0 Å².